The Kier molecular flexibility index (Phi) is 9.38. The van der Waals surface area contributed by atoms with E-state index in [9.17, 15) is 17.3 Å². The Balaban J connectivity index is 0. The molecule has 0 unspecified atom stereocenters. The van der Waals surface area contributed by atoms with Crippen molar-refractivity contribution < 1.29 is 17.3 Å². The summed E-state index contributed by atoms with van der Waals surface area (Å²) in [7, 11) is -6.00. The van der Waals surface area contributed by atoms with Crippen molar-refractivity contribution >= 4 is 26.1 Å². The van der Waals surface area contributed by atoms with E-state index in [1.165, 1.54) is 32.5 Å². The number of halogens is 4. The van der Waals surface area contributed by atoms with Crippen molar-refractivity contribution in [2.45, 2.75) is 19.8 Å². The van der Waals surface area contributed by atoms with Gasteiger partial charge in [0, 0.05) is 0 Å². The van der Waals surface area contributed by atoms with E-state index < -0.39 is 7.25 Å². The van der Waals surface area contributed by atoms with E-state index in [0.717, 1.165) is 0 Å². The second kappa shape index (κ2) is 7.72. The first-order valence-electron chi connectivity index (χ1n) is 4.03. The van der Waals surface area contributed by atoms with Gasteiger partial charge in [-0.25, -0.2) is 0 Å². The van der Waals surface area contributed by atoms with Gasteiger partial charge >= 0.3 is 26.1 Å². The molecule has 0 aromatic rings. The average Bonchev–Trinajstić information content (AvgIpc) is 2.33. The van der Waals surface area contributed by atoms with Crippen molar-refractivity contribution in [2.75, 3.05) is 19.6 Å². The molecule has 0 aromatic heterocycles. The Bertz CT molecular complexity index is 110. The van der Waals surface area contributed by atoms with Crippen molar-refractivity contribution in [1.29, 1.82) is 0 Å². The summed E-state index contributed by atoms with van der Waals surface area (Å²) in [6.45, 7) is 6.16. The van der Waals surface area contributed by atoms with Crippen LogP contribution >= 0.6 is 0 Å². The van der Waals surface area contributed by atoms with E-state index in [4.69, 9.17) is 0 Å². The van der Waals surface area contributed by atoms with Crippen molar-refractivity contribution in [1.82, 2.24) is 4.90 Å². The maximum atomic E-state index is 9.75. The van der Waals surface area contributed by atoms with E-state index in [0.29, 0.717) is 0 Å². The van der Waals surface area contributed by atoms with Crippen molar-refractivity contribution in [3.63, 3.8) is 0 Å². The van der Waals surface area contributed by atoms with Crippen LogP contribution in [0.15, 0.2) is 0 Å². The summed E-state index contributed by atoms with van der Waals surface area (Å²) in [5.74, 6) is 0. The zero-order valence-corrected chi connectivity index (χ0v) is 7.07. The maximum absolute atomic E-state index is 9.75. The molecule has 1 aliphatic heterocycles. The van der Waals surface area contributed by atoms with Crippen LogP contribution < -0.4 is 0 Å². The van der Waals surface area contributed by atoms with Crippen LogP contribution in [-0.4, -0.2) is 50.6 Å². The van der Waals surface area contributed by atoms with Gasteiger partial charge in [0.15, 0.2) is 0 Å². The van der Waals surface area contributed by atoms with Crippen LogP contribution in [0, 0.1) is 0 Å². The molecule has 0 spiro atoms. The zero-order valence-electron chi connectivity index (χ0n) is 7.07. The molecule has 7 heteroatoms. The van der Waals surface area contributed by atoms with Crippen LogP contribution in [0.4, 0.5) is 17.3 Å². The van der Waals surface area contributed by atoms with Crippen LogP contribution in [0.3, 0.4) is 0 Å². The van der Waals surface area contributed by atoms with Gasteiger partial charge in [0.05, 0.1) is 0 Å². The van der Waals surface area contributed by atoms with Gasteiger partial charge in [0.25, 0.3) is 0 Å². The van der Waals surface area contributed by atoms with E-state index in [2.05, 4.69) is 11.8 Å². The second-order valence-electron chi connectivity index (χ2n) is 2.64. The summed E-state index contributed by atoms with van der Waals surface area (Å²) >= 11 is 0. The number of rotatable bonds is 1. The summed E-state index contributed by atoms with van der Waals surface area (Å²) in [4.78, 5) is 2.49. The number of hydrogen-bond donors (Lipinski definition) is 0. The Hall–Kier alpha value is 0.342. The van der Waals surface area contributed by atoms with Crippen LogP contribution in [0.2, 0.25) is 0 Å². The van der Waals surface area contributed by atoms with Crippen molar-refractivity contribution in [2.24, 2.45) is 0 Å². The quantitative estimate of drug-likeness (QED) is 0.454. The molecule has 0 aliphatic carbocycles. The molecule has 1 nitrogen and oxygen atoms in total. The first-order chi connectivity index (χ1) is 5.43. The first kappa shape index (κ1) is 15.8. The van der Waals surface area contributed by atoms with Crippen molar-refractivity contribution in [3.8, 4) is 0 Å². The molecule has 0 amide bonds. The van der Waals surface area contributed by atoms with Crippen LogP contribution in [0.5, 0.6) is 0 Å². The Labute approximate surface area is 88.1 Å². The third-order valence-corrected chi connectivity index (χ3v) is 1.65. The van der Waals surface area contributed by atoms with Gasteiger partial charge in [-0.1, -0.05) is 6.92 Å². The number of hydrogen-bond acceptors (Lipinski definition) is 1. The average molecular weight is 194 g/mol. The summed E-state index contributed by atoms with van der Waals surface area (Å²) < 4.78 is 39.0. The predicted molar refractivity (Wildman–Crippen MR) is 48.7 cm³/mol. The molecule has 1 rings (SSSR count). The molecule has 0 aromatic carbocycles. The monoisotopic (exact) mass is 194 g/mol. The topological polar surface area (TPSA) is 3.24 Å². The van der Waals surface area contributed by atoms with E-state index >= 15 is 0 Å². The normalized spacial score (nSPS) is 17.3. The fourth-order valence-corrected chi connectivity index (χ4v) is 1.10. The summed E-state index contributed by atoms with van der Waals surface area (Å²) in [6.07, 6.45) is 2.85. The molecule has 76 valence electrons. The van der Waals surface area contributed by atoms with Crippen molar-refractivity contribution in [3.05, 3.63) is 0 Å². The Morgan fingerprint density at radius 3 is 1.54 bits per heavy atom. The fourth-order valence-electron chi connectivity index (χ4n) is 1.10. The summed E-state index contributed by atoms with van der Waals surface area (Å²) in [5, 5.41) is 0. The summed E-state index contributed by atoms with van der Waals surface area (Å²) in [6, 6.07) is 0. The fraction of sp³-hybridized carbons (Fsp3) is 1.00. The number of likely N-dealkylation sites (tertiary alicyclic amines) is 1. The number of nitrogens with zero attached hydrogens (tertiary/aromatic N) is 1. The molecule has 1 saturated heterocycles. The molecule has 0 bridgehead atoms. The molecule has 0 radical (unpaired) electrons. The molecule has 1 heterocycles. The molecule has 0 saturated carbocycles. The van der Waals surface area contributed by atoms with Gasteiger partial charge in [0.1, 0.15) is 0 Å². The third kappa shape index (κ3) is 15.1. The molecular formula is C6H14BF4LiN-. The first-order valence-corrected chi connectivity index (χ1v) is 4.03. The minimum absolute atomic E-state index is 0. The Morgan fingerprint density at radius 1 is 1.08 bits per heavy atom. The van der Waals surface area contributed by atoms with Crippen LogP contribution in [0.25, 0.3) is 0 Å². The molecule has 1 aliphatic rings. The van der Waals surface area contributed by atoms with Gasteiger partial charge < -0.3 is 22.2 Å². The molecule has 13 heavy (non-hydrogen) atoms. The van der Waals surface area contributed by atoms with E-state index in [-0.39, 0.29) is 18.9 Å². The molecule has 1 fully saturated rings. The Morgan fingerprint density at radius 2 is 1.38 bits per heavy atom. The molecule has 0 atom stereocenters. The van der Waals surface area contributed by atoms with Gasteiger partial charge in [-0.2, -0.15) is 0 Å². The van der Waals surface area contributed by atoms with E-state index in [1.807, 2.05) is 0 Å². The standard InChI is InChI=1S/C6H13N.BF4.Li.H/c1-2-7-5-3-4-6-7;2-1(3,4)5;;/h2-6H2,1H3;;;/q;-1;;. The van der Waals surface area contributed by atoms with Gasteiger partial charge in [-0.05, 0) is 32.5 Å². The predicted octanol–water partition coefficient (Wildman–Crippen LogP) is 1.75. The van der Waals surface area contributed by atoms with Gasteiger partial charge in [-0.3, -0.25) is 0 Å². The second-order valence-corrected chi connectivity index (χ2v) is 2.64. The van der Waals surface area contributed by atoms with Crippen LogP contribution in [0.1, 0.15) is 19.8 Å². The molecular weight excluding hydrogens is 180 g/mol. The third-order valence-electron chi connectivity index (χ3n) is 1.65. The minimum atomic E-state index is -6.00. The van der Waals surface area contributed by atoms with Crippen LogP contribution in [-0.2, 0) is 0 Å². The zero-order chi connectivity index (χ0) is 9.61. The van der Waals surface area contributed by atoms with Gasteiger partial charge in [-0.15, -0.1) is 0 Å². The summed E-state index contributed by atoms with van der Waals surface area (Å²) in [5.41, 5.74) is 0. The SMILES string of the molecule is CCN1CCCC1.F[B-](F)(F)F.[LiH]. The molecule has 0 N–H and O–H groups in total. The van der Waals surface area contributed by atoms with E-state index in [1.54, 1.807) is 0 Å². The van der Waals surface area contributed by atoms with Gasteiger partial charge in [0.2, 0.25) is 0 Å².